The minimum atomic E-state index is -1.12. The highest BCUT2D eigenvalue weighted by Gasteiger charge is 2.37. The van der Waals surface area contributed by atoms with Crippen LogP contribution in [0.3, 0.4) is 0 Å². The Labute approximate surface area is 86.6 Å². The third-order valence-corrected chi connectivity index (χ3v) is 2.06. The number of hydrogen-bond acceptors (Lipinski definition) is 6. The van der Waals surface area contributed by atoms with Gasteiger partial charge in [0.1, 0.15) is 18.3 Å². The molecule has 15 heavy (non-hydrogen) atoms. The number of amides is 1. The van der Waals surface area contributed by atoms with Gasteiger partial charge in [0.25, 0.3) is 0 Å². The monoisotopic (exact) mass is 221 g/mol. The predicted molar refractivity (Wildman–Crippen MR) is 47.3 cm³/mol. The Kier molecular flexibility index (Phi) is 4.43. The van der Waals surface area contributed by atoms with E-state index in [0.29, 0.717) is 0 Å². The molecule has 1 aliphatic rings. The van der Waals surface area contributed by atoms with Crippen molar-refractivity contribution in [2.24, 2.45) is 0 Å². The van der Waals surface area contributed by atoms with Gasteiger partial charge in [-0.1, -0.05) is 0 Å². The molecule has 1 aliphatic heterocycles. The van der Waals surface area contributed by atoms with E-state index < -0.39 is 37.1 Å². The number of aliphatic hydroxyl groups is 3. The van der Waals surface area contributed by atoms with E-state index in [1.807, 2.05) is 0 Å². The van der Waals surface area contributed by atoms with Gasteiger partial charge in [0.05, 0.1) is 6.61 Å². The van der Waals surface area contributed by atoms with Gasteiger partial charge in [0.15, 0.2) is 6.29 Å². The van der Waals surface area contributed by atoms with Crippen molar-refractivity contribution in [2.45, 2.75) is 37.9 Å². The van der Waals surface area contributed by atoms with Gasteiger partial charge in [0.2, 0.25) is 5.91 Å². The first-order valence-electron chi connectivity index (χ1n) is 4.59. The molecular weight excluding hydrogens is 206 g/mol. The van der Waals surface area contributed by atoms with Crippen molar-refractivity contribution in [2.75, 3.05) is 6.61 Å². The van der Waals surface area contributed by atoms with Crippen LogP contribution in [0, 0.1) is 0 Å². The van der Waals surface area contributed by atoms with E-state index in [4.69, 9.17) is 14.7 Å². The van der Waals surface area contributed by atoms with Crippen molar-refractivity contribution in [3.8, 4) is 0 Å². The lowest BCUT2D eigenvalue weighted by Crippen LogP contribution is -2.52. The number of ether oxygens (including phenoxy) is 1. The van der Waals surface area contributed by atoms with Gasteiger partial charge in [-0.2, -0.15) is 0 Å². The molecule has 88 valence electrons. The van der Waals surface area contributed by atoms with Crippen molar-refractivity contribution in [3.05, 3.63) is 0 Å². The largest absolute Gasteiger partial charge is 0.394 e. The number of carbonyl (C=O) groups excluding carboxylic acids is 1. The summed E-state index contributed by atoms with van der Waals surface area (Å²) in [5.41, 5.74) is 2.06. The average molecular weight is 221 g/mol. The van der Waals surface area contributed by atoms with Crippen molar-refractivity contribution in [3.63, 3.8) is 0 Å². The maximum absolute atomic E-state index is 10.6. The molecule has 0 radical (unpaired) electrons. The third-order valence-electron chi connectivity index (χ3n) is 2.06. The molecule has 0 aromatic rings. The maximum atomic E-state index is 10.6. The first-order valence-corrected chi connectivity index (χ1v) is 4.59. The highest BCUT2D eigenvalue weighted by atomic mass is 16.7. The highest BCUT2D eigenvalue weighted by Crippen LogP contribution is 2.20. The quantitative estimate of drug-likeness (QED) is 0.406. The van der Waals surface area contributed by atoms with E-state index in [0.717, 1.165) is 0 Å². The zero-order chi connectivity index (χ0) is 11.4. The molecule has 0 aliphatic carbocycles. The van der Waals surface area contributed by atoms with Crippen LogP contribution in [0.5, 0.6) is 0 Å². The lowest BCUT2D eigenvalue weighted by molar-refractivity contribution is -0.256. The molecular formula is C8H15NO6. The topological polar surface area (TPSA) is 108 Å². The summed E-state index contributed by atoms with van der Waals surface area (Å²) in [5.74, 6) is -0.413. The molecule has 4 N–H and O–H groups in total. The normalized spacial score (nSPS) is 36.3. The average Bonchev–Trinajstić information content (AvgIpc) is 2.18. The van der Waals surface area contributed by atoms with Gasteiger partial charge in [0, 0.05) is 13.3 Å². The molecule has 0 spiro atoms. The Morgan fingerprint density at radius 2 is 2.27 bits per heavy atom. The smallest absolute Gasteiger partial charge is 0.240 e. The summed E-state index contributed by atoms with van der Waals surface area (Å²) in [6, 6.07) is 0. The van der Waals surface area contributed by atoms with Crippen molar-refractivity contribution >= 4 is 5.91 Å². The molecule has 1 unspecified atom stereocenters. The lowest BCUT2D eigenvalue weighted by atomic mass is 10.0. The second-order valence-corrected chi connectivity index (χ2v) is 3.35. The fraction of sp³-hybridized carbons (Fsp3) is 0.875. The van der Waals surface area contributed by atoms with E-state index in [-0.39, 0.29) is 6.42 Å². The Hall–Kier alpha value is -0.730. The first kappa shape index (κ1) is 12.3. The molecule has 0 saturated carbocycles. The van der Waals surface area contributed by atoms with E-state index in [2.05, 4.69) is 5.48 Å². The summed E-state index contributed by atoms with van der Waals surface area (Å²) in [6.07, 6.45) is -3.89. The zero-order valence-electron chi connectivity index (χ0n) is 8.29. The van der Waals surface area contributed by atoms with Gasteiger partial charge in [-0.05, 0) is 0 Å². The van der Waals surface area contributed by atoms with E-state index in [1.165, 1.54) is 6.92 Å². The van der Waals surface area contributed by atoms with E-state index >= 15 is 0 Å². The molecule has 0 aromatic heterocycles. The number of aliphatic hydroxyl groups excluding tert-OH is 3. The fourth-order valence-corrected chi connectivity index (χ4v) is 1.34. The van der Waals surface area contributed by atoms with Crippen LogP contribution in [0.25, 0.3) is 0 Å². The number of nitrogens with one attached hydrogen (secondary N) is 1. The minimum absolute atomic E-state index is 0.0257. The molecule has 1 rings (SSSR count). The van der Waals surface area contributed by atoms with Crippen LogP contribution in [0.4, 0.5) is 0 Å². The molecule has 7 heteroatoms. The van der Waals surface area contributed by atoms with Gasteiger partial charge >= 0.3 is 0 Å². The molecule has 4 atom stereocenters. The van der Waals surface area contributed by atoms with Crippen LogP contribution in [-0.4, -0.2) is 52.4 Å². The van der Waals surface area contributed by atoms with Crippen LogP contribution >= 0.6 is 0 Å². The van der Waals surface area contributed by atoms with Crippen molar-refractivity contribution < 1.29 is 29.7 Å². The number of carbonyl (C=O) groups is 1. The van der Waals surface area contributed by atoms with E-state index in [1.54, 1.807) is 0 Å². The molecule has 1 heterocycles. The second-order valence-electron chi connectivity index (χ2n) is 3.35. The molecule has 1 saturated heterocycles. The Morgan fingerprint density at radius 3 is 2.80 bits per heavy atom. The summed E-state index contributed by atoms with van der Waals surface area (Å²) in [5, 5.41) is 27.6. The zero-order valence-corrected chi connectivity index (χ0v) is 8.29. The van der Waals surface area contributed by atoms with Crippen molar-refractivity contribution in [1.29, 1.82) is 0 Å². The standard InChI is InChI=1S/C8H15NO6/c1-4(11)9-15-5-2-7(12)14-6(3-10)8(5)13/h5-8,10,12-13H,2-3H2,1H3,(H,9,11)/t5-,6+,7?,8+/m0/s1. The molecule has 0 aromatic carbocycles. The number of rotatable bonds is 3. The van der Waals surface area contributed by atoms with Gasteiger partial charge < -0.3 is 20.1 Å². The third kappa shape index (κ3) is 3.40. The summed E-state index contributed by atoms with van der Waals surface area (Å²) < 4.78 is 4.85. The lowest BCUT2D eigenvalue weighted by Gasteiger charge is -2.35. The SMILES string of the molecule is CC(=O)NO[C@H]1CC(O)O[C@H](CO)[C@@H]1O. The van der Waals surface area contributed by atoms with Crippen LogP contribution in [0.15, 0.2) is 0 Å². The molecule has 1 amide bonds. The summed E-state index contributed by atoms with van der Waals surface area (Å²) in [6.45, 7) is 0.823. The van der Waals surface area contributed by atoms with Crippen LogP contribution in [0.1, 0.15) is 13.3 Å². The number of hydroxylamine groups is 1. The molecule has 7 nitrogen and oxygen atoms in total. The van der Waals surface area contributed by atoms with Crippen LogP contribution < -0.4 is 5.48 Å². The summed E-state index contributed by atoms with van der Waals surface area (Å²) in [4.78, 5) is 15.4. The van der Waals surface area contributed by atoms with Crippen LogP contribution in [-0.2, 0) is 14.4 Å². The summed E-state index contributed by atoms with van der Waals surface area (Å²) in [7, 11) is 0. The Morgan fingerprint density at radius 1 is 1.60 bits per heavy atom. The van der Waals surface area contributed by atoms with Gasteiger partial charge in [-0.15, -0.1) is 0 Å². The Bertz CT molecular complexity index is 223. The van der Waals surface area contributed by atoms with Gasteiger partial charge in [-0.3, -0.25) is 9.63 Å². The maximum Gasteiger partial charge on any atom is 0.240 e. The minimum Gasteiger partial charge on any atom is -0.394 e. The fourth-order valence-electron chi connectivity index (χ4n) is 1.34. The second kappa shape index (κ2) is 5.38. The number of hydrogen-bond donors (Lipinski definition) is 4. The molecule has 1 fully saturated rings. The summed E-state index contributed by atoms with van der Waals surface area (Å²) >= 11 is 0. The Balaban J connectivity index is 2.50. The van der Waals surface area contributed by atoms with Crippen LogP contribution in [0.2, 0.25) is 0 Å². The van der Waals surface area contributed by atoms with Crippen molar-refractivity contribution in [1.82, 2.24) is 5.48 Å². The predicted octanol–water partition coefficient (Wildman–Crippen LogP) is -2.12. The molecule has 0 bridgehead atoms. The highest BCUT2D eigenvalue weighted by molar-refractivity contribution is 5.71. The van der Waals surface area contributed by atoms with Gasteiger partial charge in [-0.25, -0.2) is 5.48 Å². The first-order chi connectivity index (χ1) is 7.04. The van der Waals surface area contributed by atoms with E-state index in [9.17, 15) is 15.0 Å².